The Balaban J connectivity index is 1.87. The Morgan fingerprint density at radius 2 is 2.21 bits per heavy atom. The van der Waals surface area contributed by atoms with Gasteiger partial charge >= 0.3 is 0 Å². The topological polar surface area (TPSA) is 46.0 Å². The molecule has 5 heteroatoms. The van der Waals surface area contributed by atoms with Gasteiger partial charge in [0, 0.05) is 31.5 Å². The molecule has 0 spiro atoms. The second-order valence-corrected chi connectivity index (χ2v) is 4.99. The third-order valence-electron chi connectivity index (χ3n) is 3.69. The second kappa shape index (κ2) is 5.01. The van der Waals surface area contributed by atoms with Crippen molar-refractivity contribution in [2.24, 2.45) is 7.05 Å². The monoisotopic (exact) mass is 257 g/mol. The van der Waals surface area contributed by atoms with Crippen molar-refractivity contribution in [2.45, 2.75) is 19.0 Å². The third kappa shape index (κ3) is 2.33. The number of para-hydroxylation sites is 1. The lowest BCUT2D eigenvalue weighted by Crippen LogP contribution is -2.34. The van der Waals surface area contributed by atoms with E-state index >= 15 is 0 Å². The number of aryl methyl sites for hydroxylation is 1. The van der Waals surface area contributed by atoms with Crippen molar-refractivity contribution in [3.8, 4) is 0 Å². The molecule has 0 aliphatic carbocycles. The molecule has 0 amide bonds. The zero-order chi connectivity index (χ0) is 13.2. The van der Waals surface area contributed by atoms with Gasteiger partial charge in [-0.2, -0.15) is 0 Å². The van der Waals surface area contributed by atoms with E-state index in [1.54, 1.807) is 4.68 Å². The van der Waals surface area contributed by atoms with Crippen LogP contribution < -0.4 is 10.2 Å². The van der Waals surface area contributed by atoms with Gasteiger partial charge in [-0.3, -0.25) is 4.68 Å². The quantitative estimate of drug-likeness (QED) is 0.905. The minimum atomic E-state index is 0.453. The number of hydrogen-bond donors (Lipinski definition) is 1. The Kier molecular flexibility index (Phi) is 3.21. The van der Waals surface area contributed by atoms with E-state index < -0.39 is 0 Å². The highest BCUT2D eigenvalue weighted by Crippen LogP contribution is 2.33. The summed E-state index contributed by atoms with van der Waals surface area (Å²) in [5.74, 6) is 0. The van der Waals surface area contributed by atoms with E-state index in [1.807, 2.05) is 20.3 Å². The van der Waals surface area contributed by atoms with Crippen molar-refractivity contribution < 1.29 is 0 Å². The van der Waals surface area contributed by atoms with E-state index in [2.05, 4.69) is 44.8 Å². The van der Waals surface area contributed by atoms with E-state index in [4.69, 9.17) is 0 Å². The van der Waals surface area contributed by atoms with Crippen LogP contribution in [-0.2, 0) is 13.6 Å². The molecule has 0 radical (unpaired) electrons. The molecule has 100 valence electrons. The number of aromatic nitrogens is 3. The van der Waals surface area contributed by atoms with Crippen LogP contribution >= 0.6 is 0 Å². The highest BCUT2D eigenvalue weighted by Gasteiger charge is 2.23. The van der Waals surface area contributed by atoms with Gasteiger partial charge < -0.3 is 10.2 Å². The normalized spacial score (nSPS) is 18.4. The molecule has 1 aromatic carbocycles. The van der Waals surface area contributed by atoms with E-state index in [-0.39, 0.29) is 0 Å². The van der Waals surface area contributed by atoms with E-state index in [9.17, 15) is 0 Å². The van der Waals surface area contributed by atoms with Gasteiger partial charge in [-0.15, -0.1) is 5.10 Å². The van der Waals surface area contributed by atoms with Crippen LogP contribution in [0.1, 0.15) is 23.7 Å². The summed E-state index contributed by atoms with van der Waals surface area (Å²) >= 11 is 0. The summed E-state index contributed by atoms with van der Waals surface area (Å²) in [7, 11) is 3.93. The zero-order valence-corrected chi connectivity index (χ0v) is 11.4. The number of fused-ring (bicyclic) bond motifs is 1. The molecule has 3 rings (SSSR count). The summed E-state index contributed by atoms with van der Waals surface area (Å²) in [6, 6.07) is 9.05. The van der Waals surface area contributed by atoms with Crippen LogP contribution in [0, 0.1) is 0 Å². The first kappa shape index (κ1) is 12.2. The van der Waals surface area contributed by atoms with Gasteiger partial charge in [0.25, 0.3) is 0 Å². The lowest BCUT2D eigenvalue weighted by atomic mass is 9.96. The lowest BCUT2D eigenvalue weighted by molar-refractivity contribution is 0.514. The number of benzene rings is 1. The first-order valence-corrected chi connectivity index (χ1v) is 6.64. The molecule has 1 unspecified atom stereocenters. The van der Waals surface area contributed by atoms with Gasteiger partial charge in [-0.05, 0) is 25.1 Å². The van der Waals surface area contributed by atoms with E-state index in [0.29, 0.717) is 6.04 Å². The van der Waals surface area contributed by atoms with Crippen molar-refractivity contribution in [3.63, 3.8) is 0 Å². The Labute approximate surface area is 113 Å². The molecule has 1 aliphatic heterocycles. The first-order valence-electron chi connectivity index (χ1n) is 6.64. The molecule has 1 aliphatic rings. The maximum absolute atomic E-state index is 4.18. The summed E-state index contributed by atoms with van der Waals surface area (Å²) in [5.41, 5.74) is 3.69. The molecule has 0 bridgehead atoms. The molecule has 0 fully saturated rings. The predicted octanol–water partition coefficient (Wildman–Crippen LogP) is 1.49. The number of rotatable bonds is 3. The van der Waals surface area contributed by atoms with Gasteiger partial charge in [-0.1, -0.05) is 23.4 Å². The molecule has 1 N–H and O–H groups in total. The number of hydrogen-bond acceptors (Lipinski definition) is 4. The van der Waals surface area contributed by atoms with Crippen molar-refractivity contribution in [1.29, 1.82) is 0 Å². The smallest absolute Gasteiger partial charge is 0.102 e. The molecule has 2 heterocycles. The summed E-state index contributed by atoms with van der Waals surface area (Å²) in [5, 5.41) is 11.6. The zero-order valence-electron chi connectivity index (χ0n) is 11.4. The fourth-order valence-electron chi connectivity index (χ4n) is 2.76. The van der Waals surface area contributed by atoms with Crippen molar-refractivity contribution >= 4 is 5.69 Å². The molecule has 19 heavy (non-hydrogen) atoms. The van der Waals surface area contributed by atoms with Crippen molar-refractivity contribution in [3.05, 3.63) is 41.7 Å². The summed E-state index contributed by atoms with van der Waals surface area (Å²) in [6.45, 7) is 1.86. The van der Waals surface area contributed by atoms with Crippen molar-refractivity contribution in [2.75, 3.05) is 18.5 Å². The standard InChI is InChI=1S/C14H19N5/c1-15-13-7-8-19(10-11-9-18(2)17-16-11)14-6-4-3-5-12(13)14/h3-6,9,13,15H,7-8,10H2,1-2H3. The van der Waals surface area contributed by atoms with Gasteiger partial charge in [0.15, 0.2) is 0 Å². The minimum Gasteiger partial charge on any atom is -0.365 e. The van der Waals surface area contributed by atoms with Gasteiger partial charge in [0.2, 0.25) is 0 Å². The van der Waals surface area contributed by atoms with Crippen LogP contribution in [0.3, 0.4) is 0 Å². The molecular formula is C14H19N5. The van der Waals surface area contributed by atoms with Gasteiger partial charge in [0.1, 0.15) is 5.69 Å². The van der Waals surface area contributed by atoms with Gasteiger partial charge in [-0.25, -0.2) is 0 Å². The maximum atomic E-state index is 4.18. The number of nitrogens with zero attached hydrogens (tertiary/aromatic N) is 4. The van der Waals surface area contributed by atoms with Crippen LogP contribution in [0.4, 0.5) is 5.69 Å². The van der Waals surface area contributed by atoms with Gasteiger partial charge in [0.05, 0.1) is 6.54 Å². The fraction of sp³-hybridized carbons (Fsp3) is 0.429. The average molecular weight is 257 g/mol. The average Bonchev–Trinajstić information content (AvgIpc) is 2.85. The highest BCUT2D eigenvalue weighted by molar-refractivity contribution is 5.57. The van der Waals surface area contributed by atoms with Crippen LogP contribution in [0.15, 0.2) is 30.5 Å². The largest absolute Gasteiger partial charge is 0.365 e. The second-order valence-electron chi connectivity index (χ2n) is 4.99. The first-order chi connectivity index (χ1) is 9.28. The Morgan fingerprint density at radius 3 is 2.95 bits per heavy atom. The molecule has 0 saturated carbocycles. The predicted molar refractivity (Wildman–Crippen MR) is 74.9 cm³/mol. The Hall–Kier alpha value is -1.88. The molecule has 1 aromatic heterocycles. The molecule has 2 aromatic rings. The number of anilines is 1. The summed E-state index contributed by atoms with van der Waals surface area (Å²) in [4.78, 5) is 2.38. The fourth-order valence-corrected chi connectivity index (χ4v) is 2.76. The lowest BCUT2D eigenvalue weighted by Gasteiger charge is -2.35. The van der Waals surface area contributed by atoms with E-state index in [0.717, 1.165) is 25.2 Å². The van der Waals surface area contributed by atoms with Crippen molar-refractivity contribution in [1.82, 2.24) is 20.3 Å². The van der Waals surface area contributed by atoms with Crippen LogP contribution in [0.5, 0.6) is 0 Å². The van der Waals surface area contributed by atoms with Crippen LogP contribution in [0.25, 0.3) is 0 Å². The molecule has 1 atom stereocenters. The summed E-state index contributed by atoms with van der Waals surface area (Å²) in [6.07, 6.45) is 3.10. The summed E-state index contributed by atoms with van der Waals surface area (Å²) < 4.78 is 1.75. The maximum Gasteiger partial charge on any atom is 0.102 e. The van der Waals surface area contributed by atoms with E-state index in [1.165, 1.54) is 11.3 Å². The highest BCUT2D eigenvalue weighted by atomic mass is 15.4. The third-order valence-corrected chi connectivity index (χ3v) is 3.69. The molecule has 0 saturated heterocycles. The molecular weight excluding hydrogens is 238 g/mol. The molecule has 5 nitrogen and oxygen atoms in total. The SMILES string of the molecule is CNC1CCN(Cc2cn(C)nn2)c2ccccc21. The van der Waals surface area contributed by atoms with Crippen LogP contribution in [-0.4, -0.2) is 28.6 Å². The number of nitrogens with one attached hydrogen (secondary N) is 1. The Morgan fingerprint density at radius 1 is 1.37 bits per heavy atom. The minimum absolute atomic E-state index is 0.453. The van der Waals surface area contributed by atoms with Crippen LogP contribution in [0.2, 0.25) is 0 Å². The Bertz CT molecular complexity index is 562.